The number of benzene rings is 1. The lowest BCUT2D eigenvalue weighted by atomic mass is 10.1. The summed E-state index contributed by atoms with van der Waals surface area (Å²) in [6.07, 6.45) is 0.175. The van der Waals surface area contributed by atoms with Crippen LogP contribution in [0.1, 0.15) is 16.8 Å². The molecule has 0 atom stereocenters. The molecule has 106 valence electrons. The number of ketones is 1. The molecule has 0 radical (unpaired) electrons. The Morgan fingerprint density at radius 1 is 1.37 bits per heavy atom. The van der Waals surface area contributed by atoms with Crippen LogP contribution in [0.25, 0.3) is 0 Å². The first-order chi connectivity index (χ1) is 8.32. The van der Waals surface area contributed by atoms with E-state index in [1.54, 1.807) is 19.0 Å². The van der Waals surface area contributed by atoms with E-state index in [-0.39, 0.29) is 30.2 Å². The second kappa shape index (κ2) is 6.91. The number of carbonyl (C=O) groups excluding carboxylic acids is 1. The molecule has 2 N–H and O–H groups in total. The van der Waals surface area contributed by atoms with E-state index >= 15 is 0 Å². The standard InChI is InChI=1S/C11H14N2O5.ClH/c1-12(2)4-3-9(14)7-5-8(13(17)18)11(16)10(15)6-7;/h5-6,15-16H,3-4H2,1-2H3;1H. The summed E-state index contributed by atoms with van der Waals surface area (Å²) in [5, 5.41) is 29.2. The van der Waals surface area contributed by atoms with Gasteiger partial charge in [-0.2, -0.15) is 0 Å². The number of aromatic hydroxyl groups is 2. The van der Waals surface area contributed by atoms with Crippen LogP contribution in [0.4, 0.5) is 5.69 Å². The monoisotopic (exact) mass is 290 g/mol. The predicted molar refractivity (Wildman–Crippen MR) is 71.2 cm³/mol. The maximum absolute atomic E-state index is 11.7. The molecule has 1 rings (SSSR count). The summed E-state index contributed by atoms with van der Waals surface area (Å²) in [6, 6.07) is 1.99. The van der Waals surface area contributed by atoms with Crippen molar-refractivity contribution in [2.75, 3.05) is 20.6 Å². The summed E-state index contributed by atoms with van der Waals surface area (Å²) in [4.78, 5) is 23.3. The highest BCUT2D eigenvalue weighted by molar-refractivity contribution is 5.97. The van der Waals surface area contributed by atoms with Crippen molar-refractivity contribution < 1.29 is 19.9 Å². The minimum atomic E-state index is -0.849. The van der Waals surface area contributed by atoms with Gasteiger partial charge in [-0.3, -0.25) is 14.9 Å². The fourth-order valence-corrected chi connectivity index (χ4v) is 1.37. The van der Waals surface area contributed by atoms with E-state index in [0.717, 1.165) is 12.1 Å². The van der Waals surface area contributed by atoms with E-state index in [1.807, 2.05) is 0 Å². The summed E-state index contributed by atoms with van der Waals surface area (Å²) in [7, 11) is 3.59. The zero-order valence-corrected chi connectivity index (χ0v) is 11.3. The van der Waals surface area contributed by atoms with Crippen LogP contribution in [-0.2, 0) is 0 Å². The zero-order valence-electron chi connectivity index (χ0n) is 10.5. The van der Waals surface area contributed by atoms with Gasteiger partial charge in [0.15, 0.2) is 11.5 Å². The molecule has 1 aromatic carbocycles. The smallest absolute Gasteiger partial charge is 0.315 e. The maximum atomic E-state index is 11.7. The van der Waals surface area contributed by atoms with Gasteiger partial charge < -0.3 is 15.1 Å². The average Bonchev–Trinajstić information content (AvgIpc) is 2.28. The Morgan fingerprint density at radius 3 is 2.42 bits per heavy atom. The predicted octanol–water partition coefficient (Wildman–Crippen LogP) is 1.56. The normalized spacial score (nSPS) is 10.1. The Bertz CT molecular complexity index is 490. The average molecular weight is 291 g/mol. The van der Waals surface area contributed by atoms with Gasteiger partial charge in [0, 0.05) is 24.6 Å². The van der Waals surface area contributed by atoms with Gasteiger partial charge in [-0.25, -0.2) is 0 Å². The Kier molecular flexibility index (Phi) is 6.23. The van der Waals surface area contributed by atoms with Gasteiger partial charge in [-0.05, 0) is 20.2 Å². The van der Waals surface area contributed by atoms with Crippen molar-refractivity contribution in [2.24, 2.45) is 0 Å². The van der Waals surface area contributed by atoms with Crippen LogP contribution in [0.3, 0.4) is 0 Å². The van der Waals surface area contributed by atoms with Crippen LogP contribution in [0, 0.1) is 10.1 Å². The molecular formula is C11H15ClN2O5. The quantitative estimate of drug-likeness (QED) is 0.369. The summed E-state index contributed by atoms with van der Waals surface area (Å²) in [5.41, 5.74) is -0.665. The third kappa shape index (κ3) is 4.38. The Morgan fingerprint density at radius 2 is 1.95 bits per heavy atom. The molecule has 0 heterocycles. The molecule has 1 aromatic rings. The van der Waals surface area contributed by atoms with Gasteiger partial charge in [0.25, 0.3) is 0 Å². The third-order valence-electron chi connectivity index (χ3n) is 2.37. The van der Waals surface area contributed by atoms with Crippen LogP contribution < -0.4 is 0 Å². The SMILES string of the molecule is CN(C)CCC(=O)c1cc(O)c(O)c([N+](=O)[O-])c1.Cl. The molecule has 0 unspecified atom stereocenters. The topological polar surface area (TPSA) is 104 Å². The molecule has 8 heteroatoms. The Hall–Kier alpha value is -1.86. The van der Waals surface area contributed by atoms with E-state index < -0.39 is 22.1 Å². The van der Waals surface area contributed by atoms with Crippen molar-refractivity contribution >= 4 is 23.9 Å². The van der Waals surface area contributed by atoms with Gasteiger partial charge in [0.2, 0.25) is 5.75 Å². The highest BCUT2D eigenvalue weighted by Crippen LogP contribution is 2.36. The second-order valence-corrected chi connectivity index (χ2v) is 4.10. The number of Topliss-reactive ketones (excluding diaryl/α,β-unsaturated/α-hetero) is 1. The first-order valence-electron chi connectivity index (χ1n) is 5.21. The van der Waals surface area contributed by atoms with Crippen LogP contribution in [-0.4, -0.2) is 46.5 Å². The van der Waals surface area contributed by atoms with Gasteiger partial charge in [0.1, 0.15) is 0 Å². The second-order valence-electron chi connectivity index (χ2n) is 4.10. The zero-order chi connectivity index (χ0) is 13.9. The third-order valence-corrected chi connectivity index (χ3v) is 2.37. The highest BCUT2D eigenvalue weighted by atomic mass is 35.5. The number of nitro groups is 1. The molecule has 0 bridgehead atoms. The summed E-state index contributed by atoms with van der Waals surface area (Å²) < 4.78 is 0. The molecule has 19 heavy (non-hydrogen) atoms. The number of nitrogens with zero attached hydrogens (tertiary/aromatic N) is 2. The minimum Gasteiger partial charge on any atom is -0.504 e. The van der Waals surface area contributed by atoms with Crippen molar-refractivity contribution in [3.63, 3.8) is 0 Å². The molecular weight excluding hydrogens is 276 g/mol. The summed E-state index contributed by atoms with van der Waals surface area (Å²) in [5.74, 6) is -1.83. The molecule has 0 spiro atoms. The van der Waals surface area contributed by atoms with Gasteiger partial charge >= 0.3 is 5.69 Å². The number of hydrogen-bond donors (Lipinski definition) is 2. The van der Waals surface area contributed by atoms with Gasteiger partial charge in [0.05, 0.1) is 4.92 Å². The lowest BCUT2D eigenvalue weighted by Gasteiger charge is -2.08. The molecule has 0 amide bonds. The molecule has 0 aromatic heterocycles. The lowest BCUT2D eigenvalue weighted by Crippen LogP contribution is -2.16. The number of nitro benzene ring substituents is 1. The van der Waals surface area contributed by atoms with Crippen molar-refractivity contribution in [1.82, 2.24) is 4.90 Å². The van der Waals surface area contributed by atoms with E-state index in [1.165, 1.54) is 0 Å². The molecule has 0 fully saturated rings. The van der Waals surface area contributed by atoms with E-state index in [2.05, 4.69) is 0 Å². The molecule has 0 saturated heterocycles. The number of carbonyl (C=O) groups is 1. The fourth-order valence-electron chi connectivity index (χ4n) is 1.37. The van der Waals surface area contributed by atoms with Crippen molar-refractivity contribution in [3.8, 4) is 11.5 Å². The maximum Gasteiger partial charge on any atom is 0.315 e. The number of rotatable bonds is 5. The van der Waals surface area contributed by atoms with Gasteiger partial charge in [-0.15, -0.1) is 12.4 Å². The van der Waals surface area contributed by atoms with Crippen LogP contribution >= 0.6 is 12.4 Å². The molecule has 0 aliphatic rings. The van der Waals surface area contributed by atoms with E-state index in [9.17, 15) is 25.1 Å². The van der Waals surface area contributed by atoms with Crippen LogP contribution in [0.15, 0.2) is 12.1 Å². The van der Waals surface area contributed by atoms with Crippen LogP contribution in [0.2, 0.25) is 0 Å². The van der Waals surface area contributed by atoms with Crippen molar-refractivity contribution in [1.29, 1.82) is 0 Å². The molecule has 0 aliphatic carbocycles. The molecule has 0 saturated carbocycles. The van der Waals surface area contributed by atoms with Crippen molar-refractivity contribution in [2.45, 2.75) is 6.42 Å². The van der Waals surface area contributed by atoms with Crippen molar-refractivity contribution in [3.05, 3.63) is 27.8 Å². The summed E-state index contributed by atoms with van der Waals surface area (Å²) in [6.45, 7) is 0.494. The lowest BCUT2D eigenvalue weighted by molar-refractivity contribution is -0.386. The summed E-state index contributed by atoms with van der Waals surface area (Å²) >= 11 is 0. The number of hydrogen-bond acceptors (Lipinski definition) is 6. The Labute approximate surface area is 116 Å². The molecule has 0 aliphatic heterocycles. The number of phenolic OH excluding ortho intramolecular Hbond substituents is 2. The Balaban J connectivity index is 0.00000324. The van der Waals surface area contributed by atoms with E-state index in [4.69, 9.17) is 0 Å². The first kappa shape index (κ1) is 17.1. The van der Waals surface area contributed by atoms with Gasteiger partial charge in [-0.1, -0.05) is 0 Å². The number of halogens is 1. The fraction of sp³-hybridized carbons (Fsp3) is 0.364. The highest BCUT2D eigenvalue weighted by Gasteiger charge is 2.21. The first-order valence-corrected chi connectivity index (χ1v) is 5.21. The number of phenols is 2. The minimum absolute atomic E-state index is 0. The van der Waals surface area contributed by atoms with Crippen LogP contribution in [0.5, 0.6) is 11.5 Å². The molecule has 7 nitrogen and oxygen atoms in total. The largest absolute Gasteiger partial charge is 0.504 e. The van der Waals surface area contributed by atoms with E-state index in [0.29, 0.717) is 6.54 Å².